The molecule has 0 spiro atoms. The summed E-state index contributed by atoms with van der Waals surface area (Å²) in [6, 6.07) is 13.2. The van der Waals surface area contributed by atoms with E-state index >= 15 is 0 Å². The van der Waals surface area contributed by atoms with Crippen molar-refractivity contribution in [3.05, 3.63) is 59.9 Å². The van der Waals surface area contributed by atoms with Gasteiger partial charge in [-0.3, -0.25) is 4.79 Å². The van der Waals surface area contributed by atoms with Gasteiger partial charge in [0.05, 0.1) is 31.8 Å². The normalized spacial score (nSPS) is 11.0. The van der Waals surface area contributed by atoms with Gasteiger partial charge in [0.25, 0.3) is 0 Å². The lowest BCUT2D eigenvalue weighted by atomic mass is 10.2. The first-order valence-corrected chi connectivity index (χ1v) is 8.19. The van der Waals surface area contributed by atoms with E-state index in [0.717, 1.165) is 22.4 Å². The number of hydrogen-bond donors (Lipinski definition) is 1. The Hall–Kier alpha value is -3.28. The van der Waals surface area contributed by atoms with Gasteiger partial charge in [-0.15, -0.1) is 0 Å². The van der Waals surface area contributed by atoms with Crippen LogP contribution >= 0.6 is 0 Å². The number of ether oxygens (including phenoxy) is 2. The van der Waals surface area contributed by atoms with E-state index in [0.29, 0.717) is 18.0 Å². The number of methoxy groups -OCH3 is 2. The predicted molar refractivity (Wildman–Crippen MR) is 101 cm³/mol. The molecule has 2 aromatic carbocycles. The van der Waals surface area contributed by atoms with E-state index in [1.807, 2.05) is 36.4 Å². The molecule has 3 aromatic rings. The van der Waals surface area contributed by atoms with Crippen molar-refractivity contribution >= 4 is 23.0 Å². The zero-order chi connectivity index (χ0) is 18.5. The highest BCUT2D eigenvalue weighted by atomic mass is 16.5. The second kappa shape index (κ2) is 7.74. The highest BCUT2D eigenvalue weighted by Gasteiger charge is 2.09. The summed E-state index contributed by atoms with van der Waals surface area (Å²) in [6.45, 7) is 0.402. The molecular formula is C20H21N3O3. The third kappa shape index (κ3) is 4.03. The number of carbonyl (C=O) groups is 1. The smallest absolute Gasteiger partial charge is 0.246 e. The van der Waals surface area contributed by atoms with Gasteiger partial charge in [0, 0.05) is 19.2 Å². The molecular weight excluding hydrogens is 330 g/mol. The van der Waals surface area contributed by atoms with Crippen molar-refractivity contribution in [2.45, 2.75) is 6.54 Å². The number of benzene rings is 2. The first kappa shape index (κ1) is 17.5. The Morgan fingerprint density at radius 3 is 2.50 bits per heavy atom. The van der Waals surface area contributed by atoms with Crippen LogP contribution in [0.1, 0.15) is 11.4 Å². The number of hydrogen-bond acceptors (Lipinski definition) is 4. The zero-order valence-corrected chi connectivity index (χ0v) is 15.0. The van der Waals surface area contributed by atoms with Crippen LogP contribution in [0.3, 0.4) is 0 Å². The highest BCUT2D eigenvalue weighted by Crippen LogP contribution is 2.23. The molecule has 26 heavy (non-hydrogen) atoms. The Labute approximate surface area is 152 Å². The second-order valence-corrected chi connectivity index (χ2v) is 5.87. The summed E-state index contributed by atoms with van der Waals surface area (Å²) in [5.41, 5.74) is 2.68. The Kier molecular flexibility index (Phi) is 5.22. The number of likely N-dealkylation sites (N-methyl/N-ethyl adjacent to an activating group) is 1. The van der Waals surface area contributed by atoms with E-state index in [-0.39, 0.29) is 5.91 Å². The minimum atomic E-state index is -0.118. The third-order valence-corrected chi connectivity index (χ3v) is 3.99. The van der Waals surface area contributed by atoms with Gasteiger partial charge in [-0.25, -0.2) is 4.98 Å². The molecule has 3 rings (SSSR count). The third-order valence-electron chi connectivity index (χ3n) is 3.99. The quantitative estimate of drug-likeness (QED) is 0.692. The standard InChI is InChI=1S/C20H21N3O3/c1-23(13-19-21-17-6-4-5-7-18(17)22-19)20(24)9-8-14-10-15(25-2)12-16(11-14)26-3/h4-12H,13H2,1-3H3,(H,21,22). The molecule has 0 saturated carbocycles. The number of nitrogens with zero attached hydrogens (tertiary/aromatic N) is 2. The van der Waals surface area contributed by atoms with Crippen LogP contribution < -0.4 is 9.47 Å². The van der Waals surface area contributed by atoms with Crippen LogP contribution in [0.15, 0.2) is 48.5 Å². The number of amides is 1. The van der Waals surface area contributed by atoms with Gasteiger partial charge in [-0.05, 0) is 35.9 Å². The lowest BCUT2D eigenvalue weighted by Gasteiger charge is -2.13. The second-order valence-electron chi connectivity index (χ2n) is 5.87. The molecule has 0 aliphatic heterocycles. The van der Waals surface area contributed by atoms with Crippen molar-refractivity contribution in [2.75, 3.05) is 21.3 Å². The van der Waals surface area contributed by atoms with E-state index in [1.165, 1.54) is 6.08 Å². The van der Waals surface area contributed by atoms with Crippen molar-refractivity contribution in [1.29, 1.82) is 0 Å². The van der Waals surface area contributed by atoms with Gasteiger partial charge in [0.1, 0.15) is 17.3 Å². The first-order valence-electron chi connectivity index (χ1n) is 8.19. The maximum absolute atomic E-state index is 12.4. The van der Waals surface area contributed by atoms with Gasteiger partial charge < -0.3 is 19.4 Å². The molecule has 0 aliphatic rings. The molecule has 0 atom stereocenters. The number of carbonyl (C=O) groups excluding carboxylic acids is 1. The lowest BCUT2D eigenvalue weighted by molar-refractivity contribution is -0.125. The molecule has 0 unspecified atom stereocenters. The Balaban J connectivity index is 1.69. The number of H-pyrrole nitrogens is 1. The fourth-order valence-corrected chi connectivity index (χ4v) is 2.60. The molecule has 0 radical (unpaired) electrons. The summed E-state index contributed by atoms with van der Waals surface area (Å²) < 4.78 is 10.5. The Morgan fingerprint density at radius 2 is 1.85 bits per heavy atom. The SMILES string of the molecule is COc1cc(C=CC(=O)N(C)Cc2nc3ccccc3[nH]2)cc(OC)c1. The molecule has 1 aromatic heterocycles. The minimum absolute atomic E-state index is 0.118. The van der Waals surface area contributed by atoms with Crippen LogP contribution in [0.25, 0.3) is 17.1 Å². The molecule has 6 nitrogen and oxygen atoms in total. The molecule has 6 heteroatoms. The van der Waals surface area contributed by atoms with Crippen molar-refractivity contribution in [3.63, 3.8) is 0 Å². The molecule has 1 N–H and O–H groups in total. The fraction of sp³-hybridized carbons (Fsp3) is 0.200. The van der Waals surface area contributed by atoms with Crippen LogP contribution in [-0.2, 0) is 11.3 Å². The van der Waals surface area contributed by atoms with E-state index in [9.17, 15) is 4.79 Å². The zero-order valence-electron chi connectivity index (χ0n) is 15.0. The molecule has 1 amide bonds. The van der Waals surface area contributed by atoms with Gasteiger partial charge in [0.15, 0.2) is 0 Å². The molecule has 0 aliphatic carbocycles. The summed E-state index contributed by atoms with van der Waals surface area (Å²) >= 11 is 0. The van der Waals surface area contributed by atoms with Gasteiger partial charge >= 0.3 is 0 Å². The van der Waals surface area contributed by atoms with E-state index < -0.39 is 0 Å². The molecule has 0 bridgehead atoms. The predicted octanol–water partition coefficient (Wildman–Crippen LogP) is 3.25. The van der Waals surface area contributed by atoms with Crippen molar-refractivity contribution in [3.8, 4) is 11.5 Å². The van der Waals surface area contributed by atoms with Gasteiger partial charge in [-0.2, -0.15) is 0 Å². The van der Waals surface area contributed by atoms with E-state index in [1.54, 1.807) is 38.3 Å². The van der Waals surface area contributed by atoms with Crippen LogP contribution in [0.4, 0.5) is 0 Å². The minimum Gasteiger partial charge on any atom is -0.497 e. The Bertz CT molecular complexity index is 891. The molecule has 1 heterocycles. The number of para-hydroxylation sites is 2. The first-order chi connectivity index (χ1) is 12.6. The topological polar surface area (TPSA) is 67.5 Å². The largest absolute Gasteiger partial charge is 0.497 e. The van der Waals surface area contributed by atoms with Crippen LogP contribution in [0.2, 0.25) is 0 Å². The highest BCUT2D eigenvalue weighted by molar-refractivity contribution is 5.91. The number of nitrogens with one attached hydrogen (secondary N) is 1. The average Bonchev–Trinajstić information content (AvgIpc) is 3.07. The summed E-state index contributed by atoms with van der Waals surface area (Å²) in [5, 5.41) is 0. The number of aromatic amines is 1. The fourth-order valence-electron chi connectivity index (χ4n) is 2.60. The number of rotatable bonds is 6. The molecule has 0 saturated heterocycles. The van der Waals surface area contributed by atoms with Gasteiger partial charge in [-0.1, -0.05) is 12.1 Å². The average molecular weight is 351 g/mol. The molecule has 134 valence electrons. The molecule has 0 fully saturated rings. The lowest BCUT2D eigenvalue weighted by Crippen LogP contribution is -2.24. The number of fused-ring (bicyclic) bond motifs is 1. The van der Waals surface area contributed by atoms with E-state index in [4.69, 9.17) is 9.47 Å². The monoisotopic (exact) mass is 351 g/mol. The van der Waals surface area contributed by atoms with Crippen LogP contribution in [0, 0.1) is 0 Å². The number of aromatic nitrogens is 2. The summed E-state index contributed by atoms with van der Waals surface area (Å²) in [5.74, 6) is 1.98. The maximum Gasteiger partial charge on any atom is 0.246 e. The van der Waals surface area contributed by atoms with Crippen LogP contribution in [0.5, 0.6) is 11.5 Å². The summed E-state index contributed by atoms with van der Waals surface area (Å²) in [4.78, 5) is 21.7. The maximum atomic E-state index is 12.4. The summed E-state index contributed by atoms with van der Waals surface area (Å²) in [7, 11) is 4.93. The Morgan fingerprint density at radius 1 is 1.15 bits per heavy atom. The van der Waals surface area contributed by atoms with E-state index in [2.05, 4.69) is 9.97 Å². The summed E-state index contributed by atoms with van der Waals surface area (Å²) in [6.07, 6.45) is 3.26. The van der Waals surface area contributed by atoms with Crippen LogP contribution in [-0.4, -0.2) is 42.0 Å². The van der Waals surface area contributed by atoms with Crippen molar-refractivity contribution in [1.82, 2.24) is 14.9 Å². The number of imidazole rings is 1. The van der Waals surface area contributed by atoms with Crippen molar-refractivity contribution in [2.24, 2.45) is 0 Å². The van der Waals surface area contributed by atoms with Gasteiger partial charge in [0.2, 0.25) is 5.91 Å². The van der Waals surface area contributed by atoms with Crippen molar-refractivity contribution < 1.29 is 14.3 Å².